The quantitative estimate of drug-likeness (QED) is 0.657. The molecule has 0 amide bonds. The Bertz CT molecular complexity index is 637. The summed E-state index contributed by atoms with van der Waals surface area (Å²) in [6.07, 6.45) is 0. The molecule has 0 spiro atoms. The third-order valence-electron chi connectivity index (χ3n) is 3.17. The summed E-state index contributed by atoms with van der Waals surface area (Å²) in [6.45, 7) is 4.89. The Kier molecular flexibility index (Phi) is 4.30. The molecule has 0 bridgehead atoms. The van der Waals surface area contributed by atoms with Crippen molar-refractivity contribution in [1.29, 1.82) is 5.41 Å². The summed E-state index contributed by atoms with van der Waals surface area (Å²) in [5.74, 6) is 0.0442. The van der Waals surface area contributed by atoms with Crippen molar-refractivity contribution >= 4 is 28.8 Å². The molecular formula is C16H18ClN3. The maximum absolute atomic E-state index is 7.73. The maximum atomic E-state index is 7.73. The second-order valence-corrected chi connectivity index (χ2v) is 5.09. The summed E-state index contributed by atoms with van der Waals surface area (Å²) in [6, 6.07) is 13.6. The highest BCUT2D eigenvalue weighted by Gasteiger charge is 2.14. The lowest BCUT2D eigenvalue weighted by atomic mass is 10.1. The fourth-order valence-corrected chi connectivity index (χ4v) is 2.41. The van der Waals surface area contributed by atoms with Crippen LogP contribution < -0.4 is 10.6 Å². The first kappa shape index (κ1) is 14.4. The molecule has 0 aromatic heterocycles. The van der Waals surface area contributed by atoms with Crippen LogP contribution in [0.15, 0.2) is 42.5 Å². The molecule has 0 heterocycles. The van der Waals surface area contributed by atoms with E-state index in [0.717, 1.165) is 17.9 Å². The van der Waals surface area contributed by atoms with Crippen molar-refractivity contribution in [3.05, 3.63) is 58.6 Å². The van der Waals surface area contributed by atoms with Gasteiger partial charge >= 0.3 is 0 Å². The highest BCUT2D eigenvalue weighted by atomic mass is 35.5. The molecule has 20 heavy (non-hydrogen) atoms. The minimum atomic E-state index is 0.0442. The number of nitrogens with one attached hydrogen (secondary N) is 1. The number of amidine groups is 1. The van der Waals surface area contributed by atoms with E-state index >= 15 is 0 Å². The molecule has 0 atom stereocenters. The molecule has 2 aromatic carbocycles. The summed E-state index contributed by atoms with van der Waals surface area (Å²) < 4.78 is 0. The number of hydrogen-bond donors (Lipinski definition) is 2. The molecule has 0 fully saturated rings. The first-order valence-corrected chi connectivity index (χ1v) is 6.89. The van der Waals surface area contributed by atoms with Gasteiger partial charge < -0.3 is 10.6 Å². The van der Waals surface area contributed by atoms with Gasteiger partial charge in [-0.2, -0.15) is 0 Å². The standard InChI is InChI=1S/C16H18ClN3/c1-3-20(13-6-4-5-11(2)9-13)15-10-12(17)7-8-14(15)16(18)19/h4-10H,3H2,1-2H3,(H3,18,19). The van der Waals surface area contributed by atoms with Crippen LogP contribution in [-0.4, -0.2) is 12.4 Å². The topological polar surface area (TPSA) is 53.1 Å². The SMILES string of the molecule is CCN(c1cccc(C)c1)c1cc(Cl)ccc1C(=N)N. The van der Waals surface area contributed by atoms with E-state index in [-0.39, 0.29) is 5.84 Å². The highest BCUT2D eigenvalue weighted by molar-refractivity contribution is 6.31. The molecular weight excluding hydrogens is 270 g/mol. The molecule has 0 saturated carbocycles. The summed E-state index contributed by atoms with van der Waals surface area (Å²) in [4.78, 5) is 2.11. The van der Waals surface area contributed by atoms with Crippen LogP contribution in [0.2, 0.25) is 5.02 Å². The molecule has 0 aliphatic rings. The number of nitrogens with two attached hydrogens (primary N) is 1. The van der Waals surface area contributed by atoms with E-state index < -0.39 is 0 Å². The summed E-state index contributed by atoms with van der Waals surface area (Å²) in [5, 5.41) is 8.36. The van der Waals surface area contributed by atoms with Crippen LogP contribution >= 0.6 is 11.6 Å². The molecule has 0 aliphatic heterocycles. The molecule has 0 unspecified atom stereocenters. The largest absolute Gasteiger partial charge is 0.384 e. The van der Waals surface area contributed by atoms with Crippen LogP contribution in [0.5, 0.6) is 0 Å². The minimum absolute atomic E-state index is 0.0442. The van der Waals surface area contributed by atoms with Crippen molar-refractivity contribution in [2.75, 3.05) is 11.4 Å². The second kappa shape index (κ2) is 5.97. The van der Waals surface area contributed by atoms with Crippen LogP contribution in [0.25, 0.3) is 0 Å². The predicted octanol–water partition coefficient (Wildman–Crippen LogP) is 4.09. The fraction of sp³-hybridized carbons (Fsp3) is 0.188. The van der Waals surface area contributed by atoms with E-state index in [1.54, 1.807) is 12.1 Å². The van der Waals surface area contributed by atoms with E-state index in [1.165, 1.54) is 5.56 Å². The molecule has 3 N–H and O–H groups in total. The maximum Gasteiger partial charge on any atom is 0.124 e. The van der Waals surface area contributed by atoms with Gasteiger partial charge in [0.05, 0.1) is 5.69 Å². The Hall–Kier alpha value is -2.00. The molecule has 0 aliphatic carbocycles. The second-order valence-electron chi connectivity index (χ2n) is 4.66. The third-order valence-corrected chi connectivity index (χ3v) is 3.41. The Morgan fingerprint density at radius 3 is 2.60 bits per heavy atom. The molecule has 104 valence electrons. The van der Waals surface area contributed by atoms with Gasteiger partial charge in [-0.15, -0.1) is 0 Å². The van der Waals surface area contributed by atoms with Gasteiger partial charge in [-0.1, -0.05) is 23.7 Å². The van der Waals surface area contributed by atoms with Gasteiger partial charge in [-0.25, -0.2) is 0 Å². The molecule has 4 heteroatoms. The van der Waals surface area contributed by atoms with Gasteiger partial charge in [-0.3, -0.25) is 5.41 Å². The lowest BCUT2D eigenvalue weighted by molar-refractivity contribution is 1.02. The van der Waals surface area contributed by atoms with Crippen LogP contribution in [0.4, 0.5) is 11.4 Å². The first-order chi connectivity index (χ1) is 9.52. The van der Waals surface area contributed by atoms with Crippen molar-refractivity contribution < 1.29 is 0 Å². The van der Waals surface area contributed by atoms with Crippen molar-refractivity contribution in [2.45, 2.75) is 13.8 Å². The smallest absolute Gasteiger partial charge is 0.124 e. The number of nitrogen functional groups attached to an aromatic ring is 1. The Balaban J connectivity index is 2.57. The zero-order chi connectivity index (χ0) is 14.7. The van der Waals surface area contributed by atoms with E-state index in [4.69, 9.17) is 22.7 Å². The fourth-order valence-electron chi connectivity index (χ4n) is 2.24. The lowest BCUT2D eigenvalue weighted by Gasteiger charge is -2.26. The van der Waals surface area contributed by atoms with Gasteiger partial charge in [0.1, 0.15) is 5.84 Å². The lowest BCUT2D eigenvalue weighted by Crippen LogP contribution is -2.21. The summed E-state index contributed by atoms with van der Waals surface area (Å²) in [5.41, 5.74) is 9.48. The normalized spacial score (nSPS) is 10.3. The number of rotatable bonds is 4. The Morgan fingerprint density at radius 2 is 2.00 bits per heavy atom. The number of benzene rings is 2. The highest BCUT2D eigenvalue weighted by Crippen LogP contribution is 2.31. The summed E-state index contributed by atoms with van der Waals surface area (Å²) in [7, 11) is 0. The van der Waals surface area contributed by atoms with E-state index in [1.807, 2.05) is 18.2 Å². The number of halogens is 1. The number of anilines is 2. The minimum Gasteiger partial charge on any atom is -0.384 e. The molecule has 0 radical (unpaired) electrons. The number of nitrogens with zero attached hydrogens (tertiary/aromatic N) is 1. The zero-order valence-electron chi connectivity index (χ0n) is 11.7. The van der Waals surface area contributed by atoms with E-state index in [0.29, 0.717) is 10.6 Å². The Labute approximate surface area is 124 Å². The van der Waals surface area contributed by atoms with Crippen molar-refractivity contribution in [3.8, 4) is 0 Å². The molecule has 2 aromatic rings. The van der Waals surface area contributed by atoms with Gasteiger partial charge in [0.2, 0.25) is 0 Å². The van der Waals surface area contributed by atoms with Crippen molar-refractivity contribution in [1.82, 2.24) is 0 Å². The van der Waals surface area contributed by atoms with Crippen LogP contribution in [-0.2, 0) is 0 Å². The van der Waals surface area contributed by atoms with E-state index in [9.17, 15) is 0 Å². The van der Waals surface area contributed by atoms with E-state index in [2.05, 4.69) is 30.9 Å². The van der Waals surface area contributed by atoms with Gasteiger partial charge in [0.25, 0.3) is 0 Å². The van der Waals surface area contributed by atoms with Gasteiger partial charge in [-0.05, 0) is 49.7 Å². The Morgan fingerprint density at radius 1 is 1.25 bits per heavy atom. The molecule has 0 saturated heterocycles. The van der Waals surface area contributed by atoms with Crippen molar-refractivity contribution in [2.24, 2.45) is 5.73 Å². The third kappa shape index (κ3) is 2.94. The van der Waals surface area contributed by atoms with Crippen LogP contribution in [0.1, 0.15) is 18.1 Å². The van der Waals surface area contributed by atoms with Gasteiger partial charge in [0, 0.05) is 22.8 Å². The molecule has 2 rings (SSSR count). The predicted molar refractivity (Wildman–Crippen MR) is 86.3 cm³/mol. The van der Waals surface area contributed by atoms with Crippen molar-refractivity contribution in [3.63, 3.8) is 0 Å². The molecule has 3 nitrogen and oxygen atoms in total. The number of aryl methyl sites for hydroxylation is 1. The zero-order valence-corrected chi connectivity index (χ0v) is 12.4. The summed E-state index contributed by atoms with van der Waals surface area (Å²) >= 11 is 6.10. The number of hydrogen-bond acceptors (Lipinski definition) is 2. The average Bonchev–Trinajstić information content (AvgIpc) is 2.39. The average molecular weight is 288 g/mol. The monoisotopic (exact) mass is 287 g/mol. The first-order valence-electron chi connectivity index (χ1n) is 6.51. The van der Waals surface area contributed by atoms with Crippen LogP contribution in [0, 0.1) is 12.3 Å². The van der Waals surface area contributed by atoms with Crippen LogP contribution in [0.3, 0.4) is 0 Å². The van der Waals surface area contributed by atoms with Gasteiger partial charge in [0.15, 0.2) is 0 Å².